The molecule has 0 saturated carbocycles. The van der Waals surface area contributed by atoms with Crippen molar-refractivity contribution in [3.63, 3.8) is 0 Å². The van der Waals surface area contributed by atoms with Crippen LogP contribution >= 0.6 is 0 Å². The van der Waals surface area contributed by atoms with Crippen molar-refractivity contribution in [3.8, 4) is 5.75 Å². The van der Waals surface area contributed by atoms with Crippen LogP contribution in [0.2, 0.25) is 0 Å². The van der Waals surface area contributed by atoms with E-state index in [0.29, 0.717) is 5.75 Å². The maximum absolute atomic E-state index is 10.8. The van der Waals surface area contributed by atoms with Crippen molar-refractivity contribution in [2.24, 2.45) is 0 Å². The minimum Gasteiger partial charge on any atom is -0.400 e. The Morgan fingerprint density at radius 3 is 2.29 bits per heavy atom. The molecule has 14 heavy (non-hydrogen) atoms. The Morgan fingerprint density at radius 2 is 1.79 bits per heavy atom. The second-order valence-corrected chi connectivity index (χ2v) is 3.65. The van der Waals surface area contributed by atoms with Gasteiger partial charge in [0.2, 0.25) is 11.1 Å². The number of hydrogen-bond donors (Lipinski definition) is 0. The molecule has 0 amide bonds. The lowest BCUT2D eigenvalue weighted by Crippen LogP contribution is -1.98. The van der Waals surface area contributed by atoms with Gasteiger partial charge in [-0.05, 0) is 31.0 Å². The molecule has 0 fully saturated rings. The molecule has 0 bridgehead atoms. The van der Waals surface area contributed by atoms with Crippen LogP contribution in [0.25, 0.3) is 0 Å². The van der Waals surface area contributed by atoms with E-state index in [-0.39, 0.29) is 0 Å². The van der Waals surface area contributed by atoms with E-state index in [0.717, 1.165) is 11.1 Å². The third-order valence-corrected chi connectivity index (χ3v) is 2.18. The molecule has 1 unspecified atom stereocenters. The van der Waals surface area contributed by atoms with E-state index in [9.17, 15) is 4.21 Å². The fraction of sp³-hybridized carbons (Fsp3) is 0.455. The fourth-order valence-corrected chi connectivity index (χ4v) is 1.37. The Kier molecular flexibility index (Phi) is 6.21. The third kappa shape index (κ3) is 3.92. The first-order chi connectivity index (χ1) is 6.61. The van der Waals surface area contributed by atoms with Gasteiger partial charge in [0.15, 0.2) is 0 Å². The van der Waals surface area contributed by atoms with Crippen molar-refractivity contribution in [2.75, 3.05) is 6.26 Å². The predicted octanol–water partition coefficient (Wildman–Crippen LogP) is 3.00. The molecule has 0 radical (unpaired) electrons. The second-order valence-electron chi connectivity index (χ2n) is 2.68. The summed E-state index contributed by atoms with van der Waals surface area (Å²) >= 11 is -1.24. The molecule has 0 aliphatic rings. The average Bonchev–Trinajstić information content (AvgIpc) is 2.16. The van der Waals surface area contributed by atoms with E-state index >= 15 is 0 Å². The number of rotatable bonds is 2. The van der Waals surface area contributed by atoms with Gasteiger partial charge in [0.25, 0.3) is 0 Å². The number of benzene rings is 1. The highest BCUT2D eigenvalue weighted by Gasteiger charge is 2.02. The van der Waals surface area contributed by atoms with Crippen molar-refractivity contribution in [3.05, 3.63) is 29.3 Å². The molecule has 1 atom stereocenters. The minimum absolute atomic E-state index is 0.704. The van der Waals surface area contributed by atoms with Crippen LogP contribution in [0.5, 0.6) is 5.75 Å². The van der Waals surface area contributed by atoms with Crippen LogP contribution in [0, 0.1) is 13.8 Å². The molecular weight excluding hydrogens is 196 g/mol. The van der Waals surface area contributed by atoms with Gasteiger partial charge in [0.1, 0.15) is 5.75 Å². The second kappa shape index (κ2) is 6.60. The molecule has 2 nitrogen and oxygen atoms in total. The highest BCUT2D eigenvalue weighted by Crippen LogP contribution is 2.20. The van der Waals surface area contributed by atoms with E-state index in [1.54, 1.807) is 0 Å². The van der Waals surface area contributed by atoms with E-state index in [2.05, 4.69) is 0 Å². The van der Waals surface area contributed by atoms with Gasteiger partial charge in [0, 0.05) is 6.26 Å². The van der Waals surface area contributed by atoms with Gasteiger partial charge in [-0.15, -0.1) is 0 Å². The highest BCUT2D eigenvalue weighted by molar-refractivity contribution is 7.79. The summed E-state index contributed by atoms with van der Waals surface area (Å²) < 4.78 is 15.9. The van der Waals surface area contributed by atoms with Crippen LogP contribution in [-0.2, 0) is 11.1 Å². The summed E-state index contributed by atoms with van der Waals surface area (Å²) in [6, 6.07) is 5.72. The third-order valence-electron chi connectivity index (χ3n) is 1.76. The van der Waals surface area contributed by atoms with Gasteiger partial charge in [-0.3, -0.25) is 0 Å². The largest absolute Gasteiger partial charge is 0.400 e. The van der Waals surface area contributed by atoms with Gasteiger partial charge in [-0.2, -0.15) is 0 Å². The molecule has 1 aromatic rings. The Morgan fingerprint density at radius 1 is 1.21 bits per heavy atom. The first-order valence-corrected chi connectivity index (χ1v) is 6.17. The molecule has 0 spiro atoms. The van der Waals surface area contributed by atoms with Crippen LogP contribution in [0.1, 0.15) is 25.0 Å². The lowest BCUT2D eigenvalue weighted by Gasteiger charge is -2.06. The Labute approximate surface area is 89.0 Å². The molecular formula is C11H18O2S. The first-order valence-electron chi connectivity index (χ1n) is 4.69. The predicted molar refractivity (Wildman–Crippen MR) is 62.0 cm³/mol. The van der Waals surface area contributed by atoms with Crippen LogP contribution < -0.4 is 4.18 Å². The molecule has 0 heterocycles. The summed E-state index contributed by atoms with van der Waals surface area (Å²) in [5.74, 6) is 0.704. The summed E-state index contributed by atoms with van der Waals surface area (Å²) in [4.78, 5) is 0. The lowest BCUT2D eigenvalue weighted by molar-refractivity contribution is 0.564. The summed E-state index contributed by atoms with van der Waals surface area (Å²) in [7, 11) is 0. The summed E-state index contributed by atoms with van der Waals surface area (Å²) in [5, 5.41) is 0. The summed E-state index contributed by atoms with van der Waals surface area (Å²) in [6.45, 7) is 7.96. The molecule has 0 aromatic heterocycles. The lowest BCUT2D eigenvalue weighted by atomic mass is 10.1. The van der Waals surface area contributed by atoms with Gasteiger partial charge >= 0.3 is 0 Å². The quantitative estimate of drug-likeness (QED) is 0.756. The topological polar surface area (TPSA) is 26.3 Å². The van der Waals surface area contributed by atoms with Crippen LogP contribution in [-0.4, -0.2) is 10.5 Å². The van der Waals surface area contributed by atoms with E-state index < -0.39 is 11.1 Å². The Balaban J connectivity index is 0.000000791. The van der Waals surface area contributed by atoms with Crippen LogP contribution in [0.4, 0.5) is 0 Å². The van der Waals surface area contributed by atoms with Crippen molar-refractivity contribution >= 4 is 11.1 Å². The molecule has 0 aliphatic heterocycles. The van der Waals surface area contributed by atoms with E-state index in [4.69, 9.17) is 4.18 Å². The van der Waals surface area contributed by atoms with Crippen molar-refractivity contribution < 1.29 is 8.39 Å². The smallest absolute Gasteiger partial charge is 0.203 e. The molecule has 1 aromatic carbocycles. The standard InChI is InChI=1S/C9H12O2S.C2H6/c1-7-5-4-6-9(8(7)2)11-12(3)10;1-2/h4-6H,1-3H3;1-2H3. The van der Waals surface area contributed by atoms with Gasteiger partial charge in [0.05, 0.1) is 0 Å². The maximum atomic E-state index is 10.8. The normalized spacial score (nSPS) is 11.2. The first kappa shape index (κ1) is 13.2. The zero-order valence-corrected chi connectivity index (χ0v) is 10.3. The zero-order chi connectivity index (χ0) is 11.1. The zero-order valence-electron chi connectivity index (χ0n) is 9.46. The van der Waals surface area contributed by atoms with Crippen molar-refractivity contribution in [2.45, 2.75) is 27.7 Å². The molecule has 1 rings (SSSR count). The van der Waals surface area contributed by atoms with Crippen molar-refractivity contribution in [1.29, 1.82) is 0 Å². The monoisotopic (exact) mass is 214 g/mol. The van der Waals surface area contributed by atoms with Gasteiger partial charge < -0.3 is 4.18 Å². The molecule has 0 aliphatic carbocycles. The van der Waals surface area contributed by atoms with E-state index in [1.807, 2.05) is 45.9 Å². The van der Waals surface area contributed by atoms with Crippen LogP contribution in [0.3, 0.4) is 0 Å². The number of hydrogen-bond acceptors (Lipinski definition) is 2. The molecule has 0 saturated heterocycles. The van der Waals surface area contributed by atoms with Crippen LogP contribution in [0.15, 0.2) is 18.2 Å². The summed E-state index contributed by atoms with van der Waals surface area (Å²) in [5.41, 5.74) is 2.20. The fourth-order valence-electron chi connectivity index (χ4n) is 0.941. The van der Waals surface area contributed by atoms with Gasteiger partial charge in [-0.25, -0.2) is 4.21 Å². The highest BCUT2D eigenvalue weighted by atomic mass is 32.2. The molecule has 80 valence electrons. The molecule has 3 heteroatoms. The maximum Gasteiger partial charge on any atom is 0.203 e. The Hall–Kier alpha value is -0.830. The average molecular weight is 214 g/mol. The summed E-state index contributed by atoms with van der Waals surface area (Å²) in [6.07, 6.45) is 1.52. The Bertz CT molecular complexity index is 308. The van der Waals surface area contributed by atoms with E-state index in [1.165, 1.54) is 6.26 Å². The van der Waals surface area contributed by atoms with Gasteiger partial charge in [-0.1, -0.05) is 26.0 Å². The number of aryl methyl sites for hydroxylation is 1. The SMILES string of the molecule is CC.Cc1cccc(OS(C)=O)c1C. The molecule has 0 N–H and O–H groups in total. The van der Waals surface area contributed by atoms with Crippen molar-refractivity contribution in [1.82, 2.24) is 0 Å². The minimum atomic E-state index is -1.24.